The minimum atomic E-state index is -0.962. The monoisotopic (exact) mass is 423 g/mol. The number of H-pyrrole nitrogens is 1. The maximum atomic E-state index is 12.7. The predicted molar refractivity (Wildman–Crippen MR) is 117 cm³/mol. The van der Waals surface area contributed by atoms with E-state index in [0.717, 1.165) is 6.07 Å². The SMILES string of the molecule is Fc1ccc2[nH]nnc2c1F.c1ccc2sccc2c1.c1ccc2sccc2c1. The first-order valence-electron chi connectivity index (χ1n) is 8.71. The molecule has 0 bridgehead atoms. The summed E-state index contributed by atoms with van der Waals surface area (Å²) in [6.45, 7) is 0. The minimum Gasteiger partial charge on any atom is -0.257 e. The second-order valence-electron chi connectivity index (χ2n) is 5.99. The van der Waals surface area contributed by atoms with Crippen LogP contribution in [0.4, 0.5) is 8.78 Å². The van der Waals surface area contributed by atoms with Crippen molar-refractivity contribution in [3.8, 4) is 0 Å². The van der Waals surface area contributed by atoms with Gasteiger partial charge in [0.2, 0.25) is 0 Å². The smallest absolute Gasteiger partial charge is 0.188 e. The van der Waals surface area contributed by atoms with Gasteiger partial charge in [-0.2, -0.15) is 0 Å². The van der Waals surface area contributed by atoms with Gasteiger partial charge in [0.1, 0.15) is 0 Å². The van der Waals surface area contributed by atoms with Crippen LogP contribution in [-0.2, 0) is 0 Å². The van der Waals surface area contributed by atoms with Crippen LogP contribution in [0.5, 0.6) is 0 Å². The van der Waals surface area contributed by atoms with Crippen molar-refractivity contribution in [2.24, 2.45) is 0 Å². The number of hydrogen-bond acceptors (Lipinski definition) is 4. The zero-order valence-electron chi connectivity index (χ0n) is 15.0. The van der Waals surface area contributed by atoms with Crippen LogP contribution in [0.15, 0.2) is 83.6 Å². The maximum absolute atomic E-state index is 12.7. The number of halogens is 2. The first kappa shape index (κ1) is 19.2. The van der Waals surface area contributed by atoms with Gasteiger partial charge in [-0.15, -0.1) is 27.8 Å². The largest absolute Gasteiger partial charge is 0.257 e. The third-order valence-corrected chi connectivity index (χ3v) is 5.91. The second kappa shape index (κ2) is 8.89. The number of aromatic amines is 1. The van der Waals surface area contributed by atoms with E-state index in [9.17, 15) is 8.78 Å². The number of thiophene rings is 2. The van der Waals surface area contributed by atoms with E-state index in [1.165, 1.54) is 26.2 Å². The van der Waals surface area contributed by atoms with Crippen molar-refractivity contribution in [2.45, 2.75) is 0 Å². The molecule has 0 fully saturated rings. The van der Waals surface area contributed by atoms with Gasteiger partial charge in [0.25, 0.3) is 0 Å². The highest BCUT2D eigenvalue weighted by molar-refractivity contribution is 7.17. The normalized spacial score (nSPS) is 10.4. The molecule has 3 aromatic carbocycles. The Morgan fingerprint density at radius 2 is 1.28 bits per heavy atom. The molecule has 0 unspecified atom stereocenters. The van der Waals surface area contributed by atoms with Crippen molar-refractivity contribution in [1.29, 1.82) is 0 Å². The summed E-state index contributed by atoms with van der Waals surface area (Å²) in [5.74, 6) is -1.87. The van der Waals surface area contributed by atoms with E-state index < -0.39 is 11.6 Å². The van der Waals surface area contributed by atoms with Gasteiger partial charge in [0, 0.05) is 9.40 Å². The Labute approximate surface area is 173 Å². The number of rotatable bonds is 0. The van der Waals surface area contributed by atoms with Crippen LogP contribution in [0.3, 0.4) is 0 Å². The fraction of sp³-hybridized carbons (Fsp3) is 0. The minimum absolute atomic E-state index is 0.0648. The Hall–Kier alpha value is -3.16. The average molecular weight is 424 g/mol. The summed E-state index contributed by atoms with van der Waals surface area (Å²) in [4.78, 5) is 0. The fourth-order valence-electron chi connectivity index (χ4n) is 2.67. The molecule has 0 atom stereocenters. The van der Waals surface area contributed by atoms with Crippen LogP contribution in [0, 0.1) is 11.6 Å². The van der Waals surface area contributed by atoms with Gasteiger partial charge in [0.15, 0.2) is 17.2 Å². The Morgan fingerprint density at radius 3 is 1.86 bits per heavy atom. The number of hydrogen-bond donors (Lipinski definition) is 1. The van der Waals surface area contributed by atoms with E-state index in [0.29, 0.717) is 5.52 Å². The highest BCUT2D eigenvalue weighted by Crippen LogP contribution is 2.19. The Morgan fingerprint density at radius 1 is 0.690 bits per heavy atom. The molecule has 0 aliphatic heterocycles. The van der Waals surface area contributed by atoms with Crippen molar-refractivity contribution in [3.05, 3.63) is 95.2 Å². The third kappa shape index (κ3) is 4.47. The number of benzene rings is 3. The number of aromatic nitrogens is 3. The highest BCUT2D eigenvalue weighted by Gasteiger charge is 2.08. The van der Waals surface area contributed by atoms with Gasteiger partial charge in [-0.1, -0.05) is 41.6 Å². The summed E-state index contributed by atoms with van der Waals surface area (Å²) in [5, 5.41) is 16.0. The van der Waals surface area contributed by atoms with Crippen LogP contribution < -0.4 is 0 Å². The van der Waals surface area contributed by atoms with Crippen molar-refractivity contribution in [2.75, 3.05) is 0 Å². The lowest BCUT2D eigenvalue weighted by atomic mass is 10.3. The van der Waals surface area contributed by atoms with Gasteiger partial charge >= 0.3 is 0 Å². The molecule has 0 saturated heterocycles. The summed E-state index contributed by atoms with van der Waals surface area (Å²) in [7, 11) is 0. The lowest BCUT2D eigenvalue weighted by molar-refractivity contribution is 0.515. The summed E-state index contributed by atoms with van der Waals surface area (Å²) in [6, 6.07) is 23.5. The molecule has 3 nitrogen and oxygen atoms in total. The number of nitrogens with zero attached hydrogens (tertiary/aromatic N) is 2. The highest BCUT2D eigenvalue weighted by atomic mass is 32.1. The molecular formula is C22H15F2N3S2. The van der Waals surface area contributed by atoms with Gasteiger partial charge in [0.05, 0.1) is 5.52 Å². The predicted octanol–water partition coefficient (Wildman–Crippen LogP) is 7.04. The average Bonchev–Trinajstić information content (AvgIpc) is 3.52. The molecule has 0 amide bonds. The number of nitrogens with one attached hydrogen (secondary N) is 1. The van der Waals surface area contributed by atoms with Crippen molar-refractivity contribution >= 4 is 53.9 Å². The van der Waals surface area contributed by atoms with E-state index in [1.54, 1.807) is 22.7 Å². The Kier molecular flexibility index (Phi) is 5.88. The fourth-order valence-corrected chi connectivity index (χ4v) is 4.25. The first-order chi connectivity index (χ1) is 14.2. The quantitative estimate of drug-likeness (QED) is 0.285. The molecule has 0 spiro atoms. The van der Waals surface area contributed by atoms with Gasteiger partial charge < -0.3 is 0 Å². The summed E-state index contributed by atoms with van der Waals surface area (Å²) in [6.07, 6.45) is 0. The van der Waals surface area contributed by atoms with Crippen LogP contribution in [0.1, 0.15) is 0 Å². The van der Waals surface area contributed by atoms with Crippen LogP contribution >= 0.6 is 22.7 Å². The van der Waals surface area contributed by atoms with Crippen LogP contribution in [0.2, 0.25) is 0 Å². The Balaban J connectivity index is 0.000000107. The van der Waals surface area contributed by atoms with E-state index in [1.807, 2.05) is 0 Å². The molecule has 3 aromatic heterocycles. The van der Waals surface area contributed by atoms with Gasteiger partial charge in [-0.3, -0.25) is 5.10 Å². The van der Waals surface area contributed by atoms with Gasteiger partial charge in [-0.05, 0) is 57.9 Å². The van der Waals surface area contributed by atoms with E-state index >= 15 is 0 Å². The molecule has 1 N–H and O–H groups in total. The summed E-state index contributed by atoms with van der Waals surface area (Å²) < 4.78 is 27.9. The molecule has 6 rings (SSSR count). The van der Waals surface area contributed by atoms with E-state index in [4.69, 9.17) is 0 Å². The van der Waals surface area contributed by atoms with Crippen LogP contribution in [0.25, 0.3) is 31.2 Å². The molecule has 0 aliphatic rings. The molecule has 0 radical (unpaired) electrons. The molecular weight excluding hydrogens is 408 g/mol. The lowest BCUT2D eigenvalue weighted by Gasteiger charge is -1.89. The summed E-state index contributed by atoms with van der Waals surface area (Å²) in [5.41, 5.74) is 0.328. The molecule has 3 heterocycles. The van der Waals surface area contributed by atoms with E-state index in [-0.39, 0.29) is 5.52 Å². The van der Waals surface area contributed by atoms with Gasteiger partial charge in [-0.25, -0.2) is 8.78 Å². The molecule has 0 saturated carbocycles. The Bertz CT molecular complexity index is 1230. The van der Waals surface area contributed by atoms with Crippen LogP contribution in [-0.4, -0.2) is 15.4 Å². The van der Waals surface area contributed by atoms with E-state index in [2.05, 4.69) is 86.8 Å². The van der Waals surface area contributed by atoms with Crippen molar-refractivity contribution in [1.82, 2.24) is 15.4 Å². The lowest BCUT2D eigenvalue weighted by Crippen LogP contribution is -1.84. The molecule has 144 valence electrons. The maximum Gasteiger partial charge on any atom is 0.188 e. The molecule has 29 heavy (non-hydrogen) atoms. The molecule has 7 heteroatoms. The number of fused-ring (bicyclic) bond motifs is 3. The first-order valence-corrected chi connectivity index (χ1v) is 10.5. The molecule has 0 aliphatic carbocycles. The van der Waals surface area contributed by atoms with Crippen molar-refractivity contribution < 1.29 is 8.78 Å². The molecule has 6 aromatic rings. The zero-order valence-corrected chi connectivity index (χ0v) is 16.7. The zero-order chi connectivity index (χ0) is 20.1. The third-order valence-electron chi connectivity index (χ3n) is 4.11. The topological polar surface area (TPSA) is 41.6 Å². The summed E-state index contributed by atoms with van der Waals surface area (Å²) >= 11 is 3.57. The standard InChI is InChI=1S/2C8H6S.C6H3F2N3/c2*1-2-4-8-7(3-1)5-6-9-8;7-3-1-2-4-6(5(3)8)10-11-9-4/h2*1-6H;1-2H,(H,9,10,11). The second-order valence-corrected chi connectivity index (χ2v) is 7.88. The van der Waals surface area contributed by atoms with Crippen molar-refractivity contribution in [3.63, 3.8) is 0 Å².